The van der Waals surface area contributed by atoms with E-state index in [4.69, 9.17) is 0 Å². The molecule has 0 spiro atoms. The van der Waals surface area contributed by atoms with E-state index in [2.05, 4.69) is 15.3 Å². The Morgan fingerprint density at radius 1 is 1.45 bits per heavy atom. The molecule has 1 amide bonds. The fraction of sp³-hybridized carbons (Fsp3) is 0.733. The van der Waals surface area contributed by atoms with Gasteiger partial charge in [0.05, 0.1) is 0 Å². The van der Waals surface area contributed by atoms with Crippen LogP contribution < -0.4 is 5.32 Å². The van der Waals surface area contributed by atoms with E-state index >= 15 is 0 Å². The second kappa shape index (κ2) is 6.39. The number of nitrogens with zero attached hydrogens (tertiary/aromatic N) is 2. The van der Waals surface area contributed by atoms with Crippen molar-refractivity contribution in [1.29, 1.82) is 0 Å². The zero-order valence-electron chi connectivity index (χ0n) is 12.0. The van der Waals surface area contributed by atoms with Crippen LogP contribution in [0, 0.1) is 5.92 Å². The Bertz CT molecular complexity index is 425. The van der Waals surface area contributed by atoms with Crippen LogP contribution in [0.25, 0.3) is 0 Å². The first kappa shape index (κ1) is 13.6. The van der Waals surface area contributed by atoms with Crippen molar-refractivity contribution in [2.75, 3.05) is 26.2 Å². The highest BCUT2D eigenvalue weighted by Gasteiger charge is 2.26. The van der Waals surface area contributed by atoms with Crippen molar-refractivity contribution in [3.8, 4) is 0 Å². The highest BCUT2D eigenvalue weighted by molar-refractivity contribution is 5.76. The van der Waals surface area contributed by atoms with Gasteiger partial charge in [-0.25, -0.2) is 4.98 Å². The Hall–Kier alpha value is -1.36. The zero-order chi connectivity index (χ0) is 13.8. The summed E-state index contributed by atoms with van der Waals surface area (Å²) in [4.78, 5) is 21.9. The third kappa shape index (κ3) is 3.20. The number of carbonyl (C=O) groups is 1. The number of imidazole rings is 1. The summed E-state index contributed by atoms with van der Waals surface area (Å²) in [7, 11) is 0. The lowest BCUT2D eigenvalue weighted by Gasteiger charge is -2.32. The Balaban J connectivity index is 1.49. The second-order valence-corrected chi connectivity index (χ2v) is 6.05. The summed E-state index contributed by atoms with van der Waals surface area (Å²) in [6.45, 7) is 3.94. The van der Waals surface area contributed by atoms with Gasteiger partial charge < -0.3 is 15.2 Å². The molecule has 2 aliphatic rings. The lowest BCUT2D eigenvalue weighted by atomic mass is 9.96. The van der Waals surface area contributed by atoms with E-state index in [0.29, 0.717) is 24.2 Å². The van der Waals surface area contributed by atoms with Crippen LogP contribution in [0.1, 0.15) is 43.8 Å². The van der Waals surface area contributed by atoms with Gasteiger partial charge in [-0.05, 0) is 44.7 Å². The Kier molecular flexibility index (Phi) is 4.35. The van der Waals surface area contributed by atoms with Gasteiger partial charge in [-0.3, -0.25) is 4.79 Å². The largest absolute Gasteiger partial charge is 0.348 e. The van der Waals surface area contributed by atoms with Crippen LogP contribution in [0.4, 0.5) is 0 Å². The molecule has 1 aromatic rings. The standard InChI is InChI=1S/C15H24N4O/c20-14(4-3-12-5-6-16-10-12)19-9-1-2-13(11-19)15-17-7-8-18-15/h7-8,12-13,16H,1-6,9-11H2,(H,17,18). The Morgan fingerprint density at radius 2 is 2.40 bits per heavy atom. The van der Waals surface area contributed by atoms with Crippen LogP contribution >= 0.6 is 0 Å². The molecule has 2 saturated heterocycles. The monoisotopic (exact) mass is 276 g/mol. The Labute approximate surface area is 120 Å². The maximum atomic E-state index is 12.3. The molecule has 0 aliphatic carbocycles. The van der Waals surface area contributed by atoms with Crippen molar-refractivity contribution < 1.29 is 4.79 Å². The molecule has 1 aromatic heterocycles. The van der Waals surface area contributed by atoms with Gasteiger partial charge >= 0.3 is 0 Å². The maximum absolute atomic E-state index is 12.3. The molecule has 2 N–H and O–H groups in total. The van der Waals surface area contributed by atoms with Gasteiger partial charge in [0.15, 0.2) is 0 Å². The third-order valence-corrected chi connectivity index (χ3v) is 4.61. The van der Waals surface area contributed by atoms with E-state index in [-0.39, 0.29) is 0 Å². The molecule has 2 unspecified atom stereocenters. The molecule has 3 rings (SSSR count). The van der Waals surface area contributed by atoms with Crippen LogP contribution in [0.3, 0.4) is 0 Å². The maximum Gasteiger partial charge on any atom is 0.222 e. The number of likely N-dealkylation sites (tertiary alicyclic amines) is 1. The molecule has 2 atom stereocenters. The average Bonchev–Trinajstić information content (AvgIpc) is 3.18. The molecule has 0 radical (unpaired) electrons. The van der Waals surface area contributed by atoms with Crippen LogP contribution in [-0.4, -0.2) is 47.0 Å². The SMILES string of the molecule is O=C(CCC1CCNC1)N1CCCC(c2ncc[nH]2)C1. The van der Waals surface area contributed by atoms with Gasteiger partial charge in [-0.1, -0.05) is 0 Å². The number of aromatic nitrogens is 2. The van der Waals surface area contributed by atoms with E-state index in [0.717, 1.165) is 51.3 Å². The number of rotatable bonds is 4. The first-order chi connectivity index (χ1) is 9.83. The van der Waals surface area contributed by atoms with Crippen molar-refractivity contribution in [3.05, 3.63) is 18.2 Å². The van der Waals surface area contributed by atoms with Crippen molar-refractivity contribution >= 4 is 5.91 Å². The molecule has 3 heterocycles. The van der Waals surface area contributed by atoms with Crippen LogP contribution in [0.5, 0.6) is 0 Å². The molecule has 0 saturated carbocycles. The zero-order valence-corrected chi connectivity index (χ0v) is 12.0. The van der Waals surface area contributed by atoms with Crippen molar-refractivity contribution in [2.45, 2.75) is 38.0 Å². The van der Waals surface area contributed by atoms with Crippen LogP contribution in [-0.2, 0) is 4.79 Å². The minimum absolute atomic E-state index is 0.327. The molecule has 110 valence electrons. The van der Waals surface area contributed by atoms with Gasteiger partial charge in [0, 0.05) is 37.8 Å². The highest BCUT2D eigenvalue weighted by atomic mass is 16.2. The van der Waals surface area contributed by atoms with Crippen molar-refractivity contribution in [2.24, 2.45) is 5.92 Å². The number of amides is 1. The summed E-state index contributed by atoms with van der Waals surface area (Å²) < 4.78 is 0. The van der Waals surface area contributed by atoms with Gasteiger partial charge in [0.2, 0.25) is 5.91 Å². The minimum atomic E-state index is 0.327. The van der Waals surface area contributed by atoms with E-state index in [1.54, 1.807) is 6.20 Å². The average molecular weight is 276 g/mol. The van der Waals surface area contributed by atoms with E-state index in [1.165, 1.54) is 6.42 Å². The molecule has 20 heavy (non-hydrogen) atoms. The lowest BCUT2D eigenvalue weighted by molar-refractivity contribution is -0.132. The number of aromatic amines is 1. The van der Waals surface area contributed by atoms with E-state index < -0.39 is 0 Å². The molecular formula is C15H24N4O. The number of carbonyl (C=O) groups excluding carboxylic acids is 1. The summed E-state index contributed by atoms with van der Waals surface area (Å²) in [5.41, 5.74) is 0. The molecule has 0 bridgehead atoms. The highest BCUT2D eigenvalue weighted by Crippen LogP contribution is 2.25. The van der Waals surface area contributed by atoms with E-state index in [9.17, 15) is 4.79 Å². The topological polar surface area (TPSA) is 61.0 Å². The van der Waals surface area contributed by atoms with Gasteiger partial charge in [0.25, 0.3) is 0 Å². The molecule has 2 fully saturated rings. The van der Waals surface area contributed by atoms with Crippen LogP contribution in [0.2, 0.25) is 0 Å². The number of piperidine rings is 1. The summed E-state index contributed by atoms with van der Waals surface area (Å²) in [5.74, 6) is 2.44. The number of nitrogens with one attached hydrogen (secondary N) is 2. The van der Waals surface area contributed by atoms with Crippen molar-refractivity contribution in [3.63, 3.8) is 0 Å². The van der Waals surface area contributed by atoms with Gasteiger partial charge in [-0.15, -0.1) is 0 Å². The summed E-state index contributed by atoms with van der Waals surface area (Å²) in [5, 5.41) is 3.36. The van der Waals surface area contributed by atoms with E-state index in [1.807, 2.05) is 11.1 Å². The smallest absolute Gasteiger partial charge is 0.222 e. The first-order valence-corrected chi connectivity index (χ1v) is 7.80. The summed E-state index contributed by atoms with van der Waals surface area (Å²) in [6.07, 6.45) is 8.84. The predicted octanol–water partition coefficient (Wildman–Crippen LogP) is 1.51. The molecular weight excluding hydrogens is 252 g/mol. The first-order valence-electron chi connectivity index (χ1n) is 7.80. The summed E-state index contributed by atoms with van der Waals surface area (Å²) in [6, 6.07) is 0. The number of hydrogen-bond donors (Lipinski definition) is 2. The third-order valence-electron chi connectivity index (χ3n) is 4.61. The molecule has 0 aromatic carbocycles. The van der Waals surface area contributed by atoms with Crippen molar-refractivity contribution in [1.82, 2.24) is 20.2 Å². The minimum Gasteiger partial charge on any atom is -0.348 e. The van der Waals surface area contributed by atoms with Gasteiger partial charge in [0.1, 0.15) is 5.82 Å². The van der Waals surface area contributed by atoms with Gasteiger partial charge in [-0.2, -0.15) is 0 Å². The van der Waals surface area contributed by atoms with Crippen LogP contribution in [0.15, 0.2) is 12.4 Å². The lowest BCUT2D eigenvalue weighted by Crippen LogP contribution is -2.39. The number of hydrogen-bond acceptors (Lipinski definition) is 3. The summed E-state index contributed by atoms with van der Waals surface area (Å²) >= 11 is 0. The quantitative estimate of drug-likeness (QED) is 0.876. The fourth-order valence-corrected chi connectivity index (χ4v) is 3.37. The Morgan fingerprint density at radius 3 is 3.15 bits per heavy atom. The second-order valence-electron chi connectivity index (χ2n) is 6.05. The number of H-pyrrole nitrogens is 1. The molecule has 5 heteroatoms. The fourth-order valence-electron chi connectivity index (χ4n) is 3.37. The normalized spacial score (nSPS) is 26.9. The predicted molar refractivity (Wildman–Crippen MR) is 77.4 cm³/mol. The molecule has 2 aliphatic heterocycles. The molecule has 5 nitrogen and oxygen atoms in total.